The normalized spacial score (nSPS) is 10.7. The molecule has 0 atom stereocenters. The first-order valence-corrected chi connectivity index (χ1v) is 5.64. The fourth-order valence-electron chi connectivity index (χ4n) is 1.72. The van der Waals surface area contributed by atoms with Crippen molar-refractivity contribution in [3.63, 3.8) is 0 Å². The van der Waals surface area contributed by atoms with Gasteiger partial charge in [-0.1, -0.05) is 28.9 Å². The third kappa shape index (κ3) is 1.74. The lowest BCUT2D eigenvalue weighted by Gasteiger charge is -2.04. The molecule has 0 fully saturated rings. The molecule has 90 valence electrons. The van der Waals surface area contributed by atoms with Crippen molar-refractivity contribution < 1.29 is 4.52 Å². The van der Waals surface area contributed by atoms with Crippen LogP contribution < -0.4 is 5.73 Å². The minimum Gasteiger partial charge on any atom is -0.367 e. The Morgan fingerprint density at radius 2 is 1.94 bits per heavy atom. The monoisotopic (exact) mass is 260 g/mol. The third-order valence-corrected chi connectivity index (χ3v) is 2.90. The minimum atomic E-state index is 0.305. The summed E-state index contributed by atoms with van der Waals surface area (Å²) in [5, 5.41) is 8.33. The number of nitrogens with two attached hydrogens (primary N) is 1. The predicted octanol–water partition coefficient (Wildman–Crippen LogP) is 2.76. The van der Waals surface area contributed by atoms with Gasteiger partial charge in [0.05, 0.1) is 23.6 Å². The topological polar surface area (TPSA) is 69.9 Å². The van der Waals surface area contributed by atoms with Crippen molar-refractivity contribution in [2.75, 3.05) is 5.73 Å². The second-order valence-electron chi connectivity index (χ2n) is 3.72. The quantitative estimate of drug-likeness (QED) is 0.769. The van der Waals surface area contributed by atoms with Gasteiger partial charge in [-0.25, -0.2) is 4.68 Å². The summed E-state index contributed by atoms with van der Waals surface area (Å²) < 4.78 is 6.47. The number of nitrogen functional groups attached to an aromatic ring is 1. The van der Waals surface area contributed by atoms with Crippen LogP contribution in [0, 0.1) is 0 Å². The van der Waals surface area contributed by atoms with Crippen LogP contribution in [0.2, 0.25) is 5.15 Å². The number of nitrogens with zero attached hydrogens (tertiary/aromatic N) is 3. The molecule has 2 N–H and O–H groups in total. The summed E-state index contributed by atoms with van der Waals surface area (Å²) in [7, 11) is 0. The molecule has 0 aliphatic carbocycles. The van der Waals surface area contributed by atoms with Crippen LogP contribution in [0.3, 0.4) is 0 Å². The van der Waals surface area contributed by atoms with Crippen molar-refractivity contribution in [2.24, 2.45) is 0 Å². The van der Waals surface area contributed by atoms with Crippen LogP contribution in [-0.4, -0.2) is 14.9 Å². The maximum absolute atomic E-state index is 5.99. The van der Waals surface area contributed by atoms with E-state index in [4.69, 9.17) is 21.9 Å². The number of hydrogen-bond donors (Lipinski definition) is 1. The zero-order valence-electron chi connectivity index (χ0n) is 9.25. The van der Waals surface area contributed by atoms with Gasteiger partial charge in [0.15, 0.2) is 0 Å². The first-order chi connectivity index (χ1) is 8.75. The van der Waals surface area contributed by atoms with Gasteiger partial charge >= 0.3 is 0 Å². The molecule has 0 amide bonds. The highest BCUT2D eigenvalue weighted by Gasteiger charge is 2.08. The number of aromatic nitrogens is 3. The van der Waals surface area contributed by atoms with E-state index in [0.717, 1.165) is 16.8 Å². The molecular formula is C12H9ClN4O. The number of halogens is 1. The Balaban J connectivity index is 2.00. The van der Waals surface area contributed by atoms with Crippen molar-refractivity contribution in [1.82, 2.24) is 14.9 Å². The van der Waals surface area contributed by atoms with Gasteiger partial charge in [0.1, 0.15) is 5.15 Å². The Bertz CT molecular complexity index is 612. The third-order valence-electron chi connectivity index (χ3n) is 2.62. The fraction of sp³-hybridized carbons (Fsp3) is 0. The van der Waals surface area contributed by atoms with Crippen molar-refractivity contribution in [2.45, 2.75) is 0 Å². The number of hydrogen-bond acceptors (Lipinski definition) is 4. The van der Waals surface area contributed by atoms with E-state index < -0.39 is 0 Å². The van der Waals surface area contributed by atoms with Crippen LogP contribution >= 0.6 is 11.6 Å². The summed E-state index contributed by atoms with van der Waals surface area (Å²) >= 11 is 5.99. The van der Waals surface area contributed by atoms with Crippen LogP contribution in [0.15, 0.2) is 47.2 Å². The molecular weight excluding hydrogens is 252 g/mol. The molecule has 0 radical (unpaired) electrons. The largest absolute Gasteiger partial charge is 0.367 e. The summed E-state index contributed by atoms with van der Waals surface area (Å²) in [5.41, 5.74) is 8.24. The van der Waals surface area contributed by atoms with E-state index in [2.05, 4.69) is 10.3 Å². The molecule has 0 spiro atoms. The van der Waals surface area contributed by atoms with Gasteiger partial charge in [0.25, 0.3) is 0 Å². The molecule has 1 aromatic carbocycles. The second kappa shape index (κ2) is 4.19. The first-order valence-electron chi connectivity index (χ1n) is 5.26. The van der Waals surface area contributed by atoms with Crippen molar-refractivity contribution in [3.05, 3.63) is 47.9 Å². The van der Waals surface area contributed by atoms with E-state index in [-0.39, 0.29) is 0 Å². The fourth-order valence-corrected chi connectivity index (χ4v) is 1.92. The lowest BCUT2D eigenvalue weighted by Crippen LogP contribution is -1.95. The summed E-state index contributed by atoms with van der Waals surface area (Å²) in [6, 6.07) is 9.36. The molecule has 5 nitrogen and oxygen atoms in total. The average molecular weight is 261 g/mol. The molecule has 6 heteroatoms. The Kier molecular flexibility index (Phi) is 2.53. The first kappa shape index (κ1) is 10.9. The van der Waals surface area contributed by atoms with Crippen LogP contribution in [-0.2, 0) is 0 Å². The lowest BCUT2D eigenvalue weighted by atomic mass is 10.1. The summed E-state index contributed by atoms with van der Waals surface area (Å²) in [4.78, 5) is 0. The number of benzene rings is 1. The number of rotatable bonds is 2. The molecule has 0 bridgehead atoms. The van der Waals surface area contributed by atoms with Crippen molar-refractivity contribution in [3.8, 4) is 16.8 Å². The van der Waals surface area contributed by atoms with Gasteiger partial charge in [0, 0.05) is 0 Å². The summed E-state index contributed by atoms with van der Waals surface area (Å²) in [6.45, 7) is 0. The highest BCUT2D eigenvalue weighted by molar-refractivity contribution is 6.29. The molecule has 18 heavy (non-hydrogen) atoms. The Hall–Kier alpha value is -2.27. The highest BCUT2D eigenvalue weighted by atomic mass is 35.5. The standard InChI is InChI=1S/C12H9ClN4O/c13-11-5-6-15-17(11)9-3-1-8(2-4-9)10-7-16-18-12(10)14/h1-7H,14H2. The Morgan fingerprint density at radius 3 is 2.50 bits per heavy atom. The Morgan fingerprint density at radius 1 is 1.17 bits per heavy atom. The zero-order chi connectivity index (χ0) is 12.5. The van der Waals surface area contributed by atoms with Crippen molar-refractivity contribution >= 4 is 17.5 Å². The second-order valence-corrected chi connectivity index (χ2v) is 4.10. The van der Waals surface area contributed by atoms with E-state index in [1.165, 1.54) is 0 Å². The smallest absolute Gasteiger partial charge is 0.229 e. The van der Waals surface area contributed by atoms with Gasteiger partial charge in [0.2, 0.25) is 5.88 Å². The molecule has 0 saturated heterocycles. The summed E-state index contributed by atoms with van der Waals surface area (Å²) in [5.74, 6) is 0.305. The minimum absolute atomic E-state index is 0.305. The van der Waals surface area contributed by atoms with Gasteiger partial charge in [-0.05, 0) is 23.8 Å². The SMILES string of the molecule is Nc1oncc1-c1ccc(-n2nccc2Cl)cc1. The van der Waals surface area contributed by atoms with Crippen molar-refractivity contribution in [1.29, 1.82) is 0 Å². The van der Waals surface area contributed by atoms with Gasteiger partial charge in [-0.15, -0.1) is 0 Å². The van der Waals surface area contributed by atoms with Gasteiger partial charge < -0.3 is 10.3 Å². The van der Waals surface area contributed by atoms with Crippen LogP contribution in [0.5, 0.6) is 0 Å². The van der Waals surface area contributed by atoms with Gasteiger partial charge in [-0.3, -0.25) is 0 Å². The maximum atomic E-state index is 5.99. The van der Waals surface area contributed by atoms with E-state index >= 15 is 0 Å². The number of anilines is 1. The molecule has 2 heterocycles. The predicted molar refractivity (Wildman–Crippen MR) is 68.5 cm³/mol. The molecule has 2 aromatic heterocycles. The van der Waals surface area contributed by atoms with Crippen LogP contribution in [0.4, 0.5) is 5.88 Å². The molecule has 0 unspecified atom stereocenters. The zero-order valence-corrected chi connectivity index (χ0v) is 10.0. The van der Waals surface area contributed by atoms with E-state index in [1.807, 2.05) is 24.3 Å². The molecule has 0 aliphatic heterocycles. The average Bonchev–Trinajstić information content (AvgIpc) is 2.98. The summed E-state index contributed by atoms with van der Waals surface area (Å²) in [6.07, 6.45) is 3.24. The van der Waals surface area contributed by atoms with E-state index in [0.29, 0.717) is 11.0 Å². The lowest BCUT2D eigenvalue weighted by molar-refractivity contribution is 0.436. The van der Waals surface area contributed by atoms with Gasteiger partial charge in [-0.2, -0.15) is 5.10 Å². The van der Waals surface area contributed by atoms with E-state index in [9.17, 15) is 0 Å². The van der Waals surface area contributed by atoms with Crippen LogP contribution in [0.25, 0.3) is 16.8 Å². The molecule has 0 aliphatic rings. The maximum Gasteiger partial charge on any atom is 0.229 e. The molecule has 0 saturated carbocycles. The van der Waals surface area contributed by atoms with Crippen LogP contribution in [0.1, 0.15) is 0 Å². The molecule has 3 rings (SSSR count). The van der Waals surface area contributed by atoms with E-state index in [1.54, 1.807) is 23.1 Å². The Labute approximate surface area is 108 Å². The molecule has 3 aromatic rings. The highest BCUT2D eigenvalue weighted by Crippen LogP contribution is 2.26.